The third-order valence-corrected chi connectivity index (χ3v) is 2.10. The molecule has 0 amide bonds. The van der Waals surface area contributed by atoms with Crippen LogP contribution in [-0.2, 0) is 0 Å². The fourth-order valence-electron chi connectivity index (χ4n) is 1.34. The molecule has 0 radical (unpaired) electrons. The van der Waals surface area contributed by atoms with Crippen molar-refractivity contribution in [2.75, 3.05) is 5.73 Å². The third kappa shape index (κ3) is 1.58. The molecule has 0 saturated heterocycles. The second-order valence-corrected chi connectivity index (χ2v) is 3.12. The first-order valence-corrected chi connectivity index (χ1v) is 4.32. The molecule has 1 aromatic carbocycles. The Labute approximate surface area is 89.0 Å². The molecule has 7 heteroatoms. The Hall–Kier alpha value is -2.44. The lowest BCUT2D eigenvalue weighted by atomic mass is 10.1. The predicted molar refractivity (Wildman–Crippen MR) is 55.0 cm³/mol. The normalized spacial score (nSPS) is 10.3. The van der Waals surface area contributed by atoms with E-state index in [1.165, 1.54) is 12.3 Å². The van der Waals surface area contributed by atoms with Crippen molar-refractivity contribution >= 4 is 11.4 Å². The molecule has 82 valence electrons. The highest BCUT2D eigenvalue weighted by atomic mass is 19.1. The molecule has 2 rings (SSSR count). The molecule has 0 aliphatic rings. The summed E-state index contributed by atoms with van der Waals surface area (Å²) in [5, 5.41) is 16.7. The van der Waals surface area contributed by atoms with E-state index in [0.717, 1.165) is 12.1 Å². The van der Waals surface area contributed by atoms with Crippen molar-refractivity contribution in [2.45, 2.75) is 0 Å². The molecule has 0 bridgehead atoms. The summed E-state index contributed by atoms with van der Waals surface area (Å²) in [6.45, 7) is 0. The number of nitro benzene ring substituents is 1. The number of anilines is 1. The molecule has 16 heavy (non-hydrogen) atoms. The number of nitro groups is 1. The smallest absolute Gasteiger partial charge is 0.304 e. The Morgan fingerprint density at radius 1 is 1.50 bits per heavy atom. The number of hydrogen-bond acceptors (Lipinski definition) is 4. The first kappa shape index (κ1) is 10.1. The minimum atomic E-state index is -0.906. The van der Waals surface area contributed by atoms with Crippen molar-refractivity contribution < 1.29 is 9.31 Å². The van der Waals surface area contributed by atoms with Gasteiger partial charge in [-0.15, -0.1) is 0 Å². The molecule has 3 N–H and O–H groups in total. The summed E-state index contributed by atoms with van der Waals surface area (Å²) in [5.41, 5.74) is 6.21. The van der Waals surface area contributed by atoms with Crippen molar-refractivity contribution in [3.05, 3.63) is 40.3 Å². The number of rotatable bonds is 2. The summed E-state index contributed by atoms with van der Waals surface area (Å²) in [7, 11) is 0. The maximum atomic E-state index is 13.3. The van der Waals surface area contributed by atoms with Crippen LogP contribution in [0.2, 0.25) is 0 Å². The van der Waals surface area contributed by atoms with E-state index in [4.69, 9.17) is 5.73 Å². The summed E-state index contributed by atoms with van der Waals surface area (Å²) in [6.07, 6.45) is 1.38. The summed E-state index contributed by atoms with van der Waals surface area (Å²) >= 11 is 0. The van der Waals surface area contributed by atoms with Crippen molar-refractivity contribution in [3.8, 4) is 11.3 Å². The van der Waals surface area contributed by atoms with Crippen LogP contribution in [-0.4, -0.2) is 15.1 Å². The Kier molecular flexibility index (Phi) is 2.28. The highest BCUT2D eigenvalue weighted by Gasteiger charge is 2.15. The van der Waals surface area contributed by atoms with Crippen molar-refractivity contribution in [2.24, 2.45) is 0 Å². The molecule has 0 fully saturated rings. The van der Waals surface area contributed by atoms with E-state index in [1.54, 1.807) is 0 Å². The van der Waals surface area contributed by atoms with Crippen LogP contribution in [0.3, 0.4) is 0 Å². The Morgan fingerprint density at radius 2 is 2.25 bits per heavy atom. The Bertz CT molecular complexity index is 552. The molecule has 2 aromatic rings. The number of aromatic nitrogens is 2. The first-order chi connectivity index (χ1) is 7.59. The van der Waals surface area contributed by atoms with Crippen LogP contribution < -0.4 is 5.73 Å². The van der Waals surface area contributed by atoms with E-state index >= 15 is 0 Å². The zero-order valence-electron chi connectivity index (χ0n) is 7.98. The number of nitrogens with one attached hydrogen (secondary N) is 1. The van der Waals surface area contributed by atoms with E-state index in [1.807, 2.05) is 0 Å². The van der Waals surface area contributed by atoms with Crippen molar-refractivity contribution in [3.63, 3.8) is 0 Å². The van der Waals surface area contributed by atoms with Gasteiger partial charge in [0.1, 0.15) is 0 Å². The summed E-state index contributed by atoms with van der Waals surface area (Å²) in [5.74, 6) is -0.906. The molecule has 0 spiro atoms. The van der Waals surface area contributed by atoms with Gasteiger partial charge in [-0.3, -0.25) is 15.2 Å². The molecule has 0 unspecified atom stereocenters. The third-order valence-electron chi connectivity index (χ3n) is 2.10. The lowest BCUT2D eigenvalue weighted by Gasteiger charge is -2.00. The molecule has 1 aromatic heterocycles. The van der Waals surface area contributed by atoms with Crippen molar-refractivity contribution in [1.29, 1.82) is 0 Å². The van der Waals surface area contributed by atoms with Crippen LogP contribution >= 0.6 is 0 Å². The van der Waals surface area contributed by atoms with E-state index in [9.17, 15) is 14.5 Å². The highest BCUT2D eigenvalue weighted by molar-refractivity contribution is 5.72. The zero-order chi connectivity index (χ0) is 11.7. The van der Waals surface area contributed by atoms with Crippen LogP contribution in [0.1, 0.15) is 0 Å². The van der Waals surface area contributed by atoms with Gasteiger partial charge in [-0.25, -0.2) is 0 Å². The number of aromatic amines is 1. The molecular formula is C9H7FN4O2. The largest absolute Gasteiger partial charge is 0.396 e. The van der Waals surface area contributed by atoms with E-state index in [-0.39, 0.29) is 0 Å². The maximum absolute atomic E-state index is 13.3. The van der Waals surface area contributed by atoms with Crippen LogP contribution in [0.15, 0.2) is 24.4 Å². The number of nitrogen functional groups attached to an aromatic ring is 1. The van der Waals surface area contributed by atoms with Gasteiger partial charge in [-0.05, 0) is 12.1 Å². The zero-order valence-corrected chi connectivity index (χ0v) is 7.98. The van der Waals surface area contributed by atoms with Gasteiger partial charge in [0.25, 0.3) is 0 Å². The predicted octanol–water partition coefficient (Wildman–Crippen LogP) is 1.71. The van der Waals surface area contributed by atoms with Gasteiger partial charge in [0.05, 0.1) is 22.5 Å². The Balaban J connectivity index is 2.50. The number of nitrogens with two attached hydrogens (primary N) is 1. The standard InChI is InChI=1S/C9H7FN4O2/c10-6-3-5(1-2-8(6)14(15)16)9-7(11)4-12-13-9/h1-4H,11H2,(H,12,13). The Morgan fingerprint density at radius 3 is 2.75 bits per heavy atom. The van der Waals surface area contributed by atoms with E-state index in [0.29, 0.717) is 16.9 Å². The quantitative estimate of drug-likeness (QED) is 0.596. The van der Waals surface area contributed by atoms with Gasteiger partial charge < -0.3 is 5.73 Å². The molecule has 0 aliphatic carbocycles. The van der Waals surface area contributed by atoms with Gasteiger partial charge in [0, 0.05) is 11.6 Å². The number of H-pyrrole nitrogens is 1. The SMILES string of the molecule is Nc1cn[nH]c1-c1ccc([N+](=O)[O-])c(F)c1. The average Bonchev–Trinajstić information content (AvgIpc) is 2.63. The molecule has 0 atom stereocenters. The van der Waals surface area contributed by atoms with Gasteiger partial charge in [-0.1, -0.05) is 0 Å². The number of nitrogens with zero attached hydrogens (tertiary/aromatic N) is 2. The second kappa shape index (κ2) is 3.61. The average molecular weight is 222 g/mol. The van der Waals surface area contributed by atoms with Crippen molar-refractivity contribution in [1.82, 2.24) is 10.2 Å². The molecule has 0 saturated carbocycles. The monoisotopic (exact) mass is 222 g/mol. The van der Waals surface area contributed by atoms with Gasteiger partial charge in [0.15, 0.2) is 0 Å². The second-order valence-electron chi connectivity index (χ2n) is 3.12. The maximum Gasteiger partial charge on any atom is 0.304 e. The van der Waals surface area contributed by atoms with E-state index in [2.05, 4.69) is 10.2 Å². The fourth-order valence-corrected chi connectivity index (χ4v) is 1.34. The minimum absolute atomic E-state index is 0.355. The molecule has 1 heterocycles. The van der Waals surface area contributed by atoms with Gasteiger partial charge >= 0.3 is 5.69 Å². The first-order valence-electron chi connectivity index (χ1n) is 4.32. The van der Waals surface area contributed by atoms with E-state index < -0.39 is 16.4 Å². The van der Waals surface area contributed by atoms with Gasteiger partial charge in [-0.2, -0.15) is 9.49 Å². The fraction of sp³-hybridized carbons (Fsp3) is 0. The summed E-state index contributed by atoms with van der Waals surface area (Å²) in [6, 6.07) is 3.54. The molecular weight excluding hydrogens is 215 g/mol. The molecule has 0 aliphatic heterocycles. The van der Waals surface area contributed by atoms with Crippen LogP contribution in [0.25, 0.3) is 11.3 Å². The van der Waals surface area contributed by atoms with Gasteiger partial charge in [0.2, 0.25) is 5.82 Å². The number of benzene rings is 1. The lowest BCUT2D eigenvalue weighted by Crippen LogP contribution is -1.93. The highest BCUT2D eigenvalue weighted by Crippen LogP contribution is 2.27. The summed E-state index contributed by atoms with van der Waals surface area (Å²) in [4.78, 5) is 9.62. The topological polar surface area (TPSA) is 97.8 Å². The molecule has 6 nitrogen and oxygen atoms in total. The summed E-state index contributed by atoms with van der Waals surface area (Å²) < 4.78 is 13.3. The minimum Gasteiger partial charge on any atom is -0.396 e. The van der Waals surface area contributed by atoms with Crippen LogP contribution in [0.5, 0.6) is 0 Å². The number of hydrogen-bond donors (Lipinski definition) is 2. The van der Waals surface area contributed by atoms with Crippen LogP contribution in [0, 0.1) is 15.9 Å². The van der Waals surface area contributed by atoms with Crippen LogP contribution in [0.4, 0.5) is 15.8 Å². The lowest BCUT2D eigenvalue weighted by molar-refractivity contribution is -0.387. The number of halogens is 1.